The Balaban J connectivity index is 2.96. The second-order valence-electron chi connectivity index (χ2n) is 2.27. The van der Waals surface area contributed by atoms with Crippen LogP contribution in [0.3, 0.4) is 0 Å². The van der Waals surface area contributed by atoms with Gasteiger partial charge in [-0.15, -0.1) is 0 Å². The first-order chi connectivity index (χ1) is 5.70. The van der Waals surface area contributed by atoms with E-state index in [0.29, 0.717) is 10.1 Å². The van der Waals surface area contributed by atoms with Crippen molar-refractivity contribution in [3.8, 4) is 0 Å². The van der Waals surface area contributed by atoms with Gasteiger partial charge in [-0.2, -0.15) is 0 Å². The third kappa shape index (κ3) is 1.03. The van der Waals surface area contributed by atoms with Gasteiger partial charge in [0.2, 0.25) is 0 Å². The summed E-state index contributed by atoms with van der Waals surface area (Å²) in [6, 6.07) is 1.48. The molecule has 0 atom stereocenters. The fraction of sp³-hybridized carbons (Fsp3) is 0. The summed E-state index contributed by atoms with van der Waals surface area (Å²) in [7, 11) is 0. The molecule has 12 heavy (non-hydrogen) atoms. The van der Waals surface area contributed by atoms with Gasteiger partial charge in [-0.3, -0.25) is 0 Å². The van der Waals surface area contributed by atoms with Crippen molar-refractivity contribution in [1.82, 2.24) is 9.38 Å². The lowest BCUT2D eigenvalue weighted by atomic mass is 10.4. The zero-order valence-electron chi connectivity index (χ0n) is 5.76. The molecular weight excluding hydrogens is 246 g/mol. The van der Waals surface area contributed by atoms with Crippen molar-refractivity contribution in [3.05, 3.63) is 34.0 Å². The molecule has 0 aliphatic rings. The van der Waals surface area contributed by atoms with Crippen molar-refractivity contribution in [2.45, 2.75) is 0 Å². The number of aromatic nitrogens is 2. The molecule has 0 unspecified atom stereocenters. The lowest BCUT2D eigenvalue weighted by Crippen LogP contribution is -1.86. The SMILES string of the molecule is Fc1c(Cl)ccn2cnc(Br)c12. The van der Waals surface area contributed by atoms with Crippen LogP contribution >= 0.6 is 27.5 Å². The number of hydrogen-bond donors (Lipinski definition) is 0. The van der Waals surface area contributed by atoms with Crippen molar-refractivity contribution in [1.29, 1.82) is 0 Å². The van der Waals surface area contributed by atoms with Crippen LogP contribution in [0.15, 0.2) is 23.2 Å². The molecule has 0 N–H and O–H groups in total. The standard InChI is InChI=1S/C7H3BrClFN2/c8-7-6-5(10)4(9)1-2-12(6)3-11-7/h1-3H. The summed E-state index contributed by atoms with van der Waals surface area (Å²) in [6.45, 7) is 0. The number of halogens is 3. The molecule has 0 aromatic carbocycles. The molecule has 0 aliphatic carbocycles. The lowest BCUT2D eigenvalue weighted by molar-refractivity contribution is 0.633. The van der Waals surface area contributed by atoms with Crippen LogP contribution in [0, 0.1) is 5.82 Å². The molecule has 0 spiro atoms. The first-order valence-electron chi connectivity index (χ1n) is 3.16. The summed E-state index contributed by atoms with van der Waals surface area (Å²) in [5.41, 5.74) is 0.363. The number of rotatable bonds is 0. The van der Waals surface area contributed by atoms with E-state index in [4.69, 9.17) is 11.6 Å². The van der Waals surface area contributed by atoms with Gasteiger partial charge in [-0.05, 0) is 22.0 Å². The summed E-state index contributed by atoms with van der Waals surface area (Å²) >= 11 is 8.70. The van der Waals surface area contributed by atoms with Crippen LogP contribution in [0.5, 0.6) is 0 Å². The van der Waals surface area contributed by atoms with E-state index < -0.39 is 5.82 Å². The number of nitrogens with zero attached hydrogens (tertiary/aromatic N) is 2. The van der Waals surface area contributed by atoms with Crippen LogP contribution in [0.1, 0.15) is 0 Å². The van der Waals surface area contributed by atoms with Gasteiger partial charge in [0, 0.05) is 6.20 Å². The van der Waals surface area contributed by atoms with Gasteiger partial charge in [-0.1, -0.05) is 11.6 Å². The van der Waals surface area contributed by atoms with E-state index in [1.54, 1.807) is 10.6 Å². The molecule has 5 heteroatoms. The predicted molar refractivity (Wildman–Crippen MR) is 47.9 cm³/mol. The molecule has 2 aromatic rings. The van der Waals surface area contributed by atoms with Crippen LogP contribution < -0.4 is 0 Å². The highest BCUT2D eigenvalue weighted by molar-refractivity contribution is 9.10. The second-order valence-corrected chi connectivity index (χ2v) is 3.43. The molecular formula is C7H3BrClFN2. The van der Waals surface area contributed by atoms with Gasteiger partial charge in [0.15, 0.2) is 5.82 Å². The molecule has 2 aromatic heterocycles. The maximum absolute atomic E-state index is 13.3. The molecule has 0 saturated carbocycles. The highest BCUT2D eigenvalue weighted by Crippen LogP contribution is 2.24. The van der Waals surface area contributed by atoms with Crippen LogP contribution in [0.4, 0.5) is 4.39 Å². The minimum absolute atomic E-state index is 0.101. The van der Waals surface area contributed by atoms with Gasteiger partial charge in [0.1, 0.15) is 16.4 Å². The fourth-order valence-electron chi connectivity index (χ4n) is 0.987. The van der Waals surface area contributed by atoms with E-state index in [2.05, 4.69) is 20.9 Å². The minimum atomic E-state index is -0.455. The Bertz CT molecular complexity index is 440. The monoisotopic (exact) mass is 248 g/mol. The molecule has 2 rings (SSSR count). The zero-order chi connectivity index (χ0) is 8.72. The normalized spacial score (nSPS) is 10.9. The third-order valence-electron chi connectivity index (χ3n) is 1.55. The first-order valence-corrected chi connectivity index (χ1v) is 4.33. The lowest BCUT2D eigenvalue weighted by Gasteiger charge is -1.96. The molecule has 2 heterocycles. The molecule has 0 aliphatic heterocycles. The van der Waals surface area contributed by atoms with Gasteiger partial charge in [0.05, 0.1) is 5.02 Å². The number of pyridine rings is 1. The zero-order valence-corrected chi connectivity index (χ0v) is 8.10. The largest absolute Gasteiger partial charge is 0.303 e. The average Bonchev–Trinajstić information content (AvgIpc) is 2.41. The minimum Gasteiger partial charge on any atom is -0.303 e. The Morgan fingerprint density at radius 2 is 2.33 bits per heavy atom. The smallest absolute Gasteiger partial charge is 0.168 e. The maximum atomic E-state index is 13.3. The van der Waals surface area contributed by atoms with Crippen molar-refractivity contribution in [2.24, 2.45) is 0 Å². The van der Waals surface area contributed by atoms with E-state index in [9.17, 15) is 4.39 Å². The molecule has 0 fully saturated rings. The van der Waals surface area contributed by atoms with Crippen LogP contribution in [-0.2, 0) is 0 Å². The number of fused-ring (bicyclic) bond motifs is 1. The van der Waals surface area contributed by atoms with Crippen molar-refractivity contribution in [2.75, 3.05) is 0 Å². The van der Waals surface area contributed by atoms with Crippen LogP contribution in [0.25, 0.3) is 5.52 Å². The van der Waals surface area contributed by atoms with Crippen LogP contribution in [0.2, 0.25) is 5.02 Å². The highest BCUT2D eigenvalue weighted by atomic mass is 79.9. The van der Waals surface area contributed by atoms with Gasteiger partial charge in [0.25, 0.3) is 0 Å². The van der Waals surface area contributed by atoms with E-state index in [1.807, 2.05) is 0 Å². The van der Waals surface area contributed by atoms with E-state index in [-0.39, 0.29) is 5.02 Å². The maximum Gasteiger partial charge on any atom is 0.168 e. The van der Waals surface area contributed by atoms with E-state index in [0.717, 1.165) is 0 Å². The summed E-state index contributed by atoms with van der Waals surface area (Å²) in [4.78, 5) is 3.88. The van der Waals surface area contributed by atoms with Crippen molar-refractivity contribution in [3.63, 3.8) is 0 Å². The second kappa shape index (κ2) is 2.71. The fourth-order valence-corrected chi connectivity index (χ4v) is 1.60. The van der Waals surface area contributed by atoms with Crippen molar-refractivity contribution >= 4 is 33.0 Å². The Morgan fingerprint density at radius 3 is 3.08 bits per heavy atom. The number of hydrogen-bond acceptors (Lipinski definition) is 1. The molecule has 0 radical (unpaired) electrons. The topological polar surface area (TPSA) is 17.3 Å². The number of imidazole rings is 1. The predicted octanol–water partition coefficient (Wildman–Crippen LogP) is 2.89. The average molecular weight is 249 g/mol. The molecule has 2 nitrogen and oxygen atoms in total. The third-order valence-corrected chi connectivity index (χ3v) is 2.42. The Labute approximate surface area is 81.1 Å². The summed E-state index contributed by atoms with van der Waals surface area (Å²) < 4.78 is 15.3. The van der Waals surface area contributed by atoms with Gasteiger partial charge < -0.3 is 4.40 Å². The summed E-state index contributed by atoms with van der Waals surface area (Å²) in [5.74, 6) is -0.455. The van der Waals surface area contributed by atoms with Gasteiger partial charge >= 0.3 is 0 Å². The molecule has 0 amide bonds. The quantitative estimate of drug-likeness (QED) is 0.702. The molecule has 0 bridgehead atoms. The van der Waals surface area contributed by atoms with Crippen LogP contribution in [-0.4, -0.2) is 9.38 Å². The first kappa shape index (κ1) is 8.01. The Kier molecular flexibility index (Phi) is 1.81. The highest BCUT2D eigenvalue weighted by Gasteiger charge is 2.09. The molecule has 0 saturated heterocycles. The van der Waals surface area contributed by atoms with Gasteiger partial charge in [-0.25, -0.2) is 9.37 Å². The van der Waals surface area contributed by atoms with E-state index in [1.165, 1.54) is 12.4 Å². The Hall–Kier alpha value is -0.610. The molecule has 62 valence electrons. The van der Waals surface area contributed by atoms with Crippen molar-refractivity contribution < 1.29 is 4.39 Å². The summed E-state index contributed by atoms with van der Waals surface area (Å²) in [6.07, 6.45) is 3.16. The summed E-state index contributed by atoms with van der Waals surface area (Å²) in [5, 5.41) is 0.101. The Morgan fingerprint density at radius 1 is 1.58 bits per heavy atom. The van der Waals surface area contributed by atoms with E-state index >= 15 is 0 Å².